The van der Waals surface area contributed by atoms with Crippen molar-refractivity contribution >= 4 is 50.9 Å². The summed E-state index contributed by atoms with van der Waals surface area (Å²) in [5, 5.41) is 5.13. The number of halogens is 1. The van der Waals surface area contributed by atoms with E-state index in [1.807, 2.05) is 56.5 Å². The zero-order chi connectivity index (χ0) is 15.9. The van der Waals surface area contributed by atoms with E-state index in [1.54, 1.807) is 15.9 Å². The molecule has 0 spiro atoms. The average Bonchev–Trinajstić information content (AvgIpc) is 3.03. The summed E-state index contributed by atoms with van der Waals surface area (Å²) in [6.07, 6.45) is -0.340. The van der Waals surface area contributed by atoms with Crippen molar-refractivity contribution in [2.75, 3.05) is 0 Å². The second kappa shape index (κ2) is 5.70. The van der Waals surface area contributed by atoms with Gasteiger partial charge in [-0.25, -0.2) is 9.36 Å². The van der Waals surface area contributed by atoms with Crippen molar-refractivity contribution in [3.8, 4) is 11.3 Å². The van der Waals surface area contributed by atoms with Gasteiger partial charge >= 0.3 is 6.09 Å². The Morgan fingerprint density at radius 1 is 1.23 bits per heavy atom. The SMILES string of the molecule is CC(C)(C)OC(=O)n1c(-c2ccsc2)c(I)c2ccccc21. The van der Waals surface area contributed by atoms with Crippen LogP contribution in [0, 0.1) is 3.57 Å². The Morgan fingerprint density at radius 2 is 1.95 bits per heavy atom. The maximum Gasteiger partial charge on any atom is 0.419 e. The molecule has 0 saturated heterocycles. The fraction of sp³-hybridized carbons (Fsp3) is 0.235. The quantitative estimate of drug-likeness (QED) is 0.465. The number of hydrogen-bond acceptors (Lipinski definition) is 3. The average molecular weight is 425 g/mol. The lowest BCUT2D eigenvalue weighted by Gasteiger charge is -2.21. The van der Waals surface area contributed by atoms with Crippen LogP contribution in [0.1, 0.15) is 20.8 Å². The predicted octanol–water partition coefficient (Wildman–Crippen LogP) is 5.76. The van der Waals surface area contributed by atoms with Gasteiger partial charge in [-0.15, -0.1) is 0 Å². The molecule has 0 radical (unpaired) electrons. The molecule has 0 aliphatic rings. The molecular weight excluding hydrogens is 409 g/mol. The van der Waals surface area contributed by atoms with Crippen molar-refractivity contribution in [2.24, 2.45) is 0 Å². The zero-order valence-corrected chi connectivity index (χ0v) is 15.6. The van der Waals surface area contributed by atoms with Crippen LogP contribution in [0.25, 0.3) is 22.2 Å². The summed E-state index contributed by atoms with van der Waals surface area (Å²) < 4.78 is 8.36. The molecule has 3 nitrogen and oxygen atoms in total. The molecule has 0 amide bonds. The van der Waals surface area contributed by atoms with Gasteiger partial charge in [0.25, 0.3) is 0 Å². The minimum atomic E-state index is -0.528. The Balaban J connectivity index is 2.27. The van der Waals surface area contributed by atoms with E-state index in [0.717, 1.165) is 25.7 Å². The lowest BCUT2D eigenvalue weighted by molar-refractivity contribution is 0.0547. The van der Waals surface area contributed by atoms with Crippen molar-refractivity contribution in [2.45, 2.75) is 26.4 Å². The summed E-state index contributed by atoms with van der Waals surface area (Å²) in [5.74, 6) is 0. The molecule has 3 rings (SSSR count). The number of aromatic nitrogens is 1. The minimum Gasteiger partial charge on any atom is -0.443 e. The van der Waals surface area contributed by atoms with Gasteiger partial charge in [-0.2, -0.15) is 11.3 Å². The summed E-state index contributed by atoms with van der Waals surface area (Å²) >= 11 is 3.93. The highest BCUT2D eigenvalue weighted by atomic mass is 127. The molecule has 114 valence electrons. The number of thiophene rings is 1. The highest BCUT2D eigenvalue weighted by molar-refractivity contribution is 14.1. The second-order valence-corrected chi connectivity index (χ2v) is 7.87. The first-order valence-corrected chi connectivity index (χ1v) is 8.95. The van der Waals surface area contributed by atoms with Gasteiger partial charge in [-0.3, -0.25) is 0 Å². The van der Waals surface area contributed by atoms with E-state index in [1.165, 1.54) is 0 Å². The maximum atomic E-state index is 12.7. The van der Waals surface area contributed by atoms with Crippen LogP contribution < -0.4 is 0 Å². The van der Waals surface area contributed by atoms with Gasteiger partial charge in [0.2, 0.25) is 0 Å². The Labute approximate surface area is 147 Å². The first-order chi connectivity index (χ1) is 10.4. The Morgan fingerprint density at radius 3 is 2.59 bits per heavy atom. The number of benzene rings is 1. The van der Waals surface area contributed by atoms with Gasteiger partial charge < -0.3 is 4.74 Å². The number of ether oxygens (including phenoxy) is 1. The third-order valence-electron chi connectivity index (χ3n) is 3.18. The normalized spacial score (nSPS) is 11.8. The molecule has 0 fully saturated rings. The summed E-state index contributed by atoms with van der Waals surface area (Å²) in [7, 11) is 0. The van der Waals surface area contributed by atoms with E-state index in [4.69, 9.17) is 4.74 Å². The fourth-order valence-electron chi connectivity index (χ4n) is 2.35. The number of fused-ring (bicyclic) bond motifs is 1. The number of para-hydroxylation sites is 1. The fourth-order valence-corrected chi connectivity index (χ4v) is 4.00. The van der Waals surface area contributed by atoms with Crippen molar-refractivity contribution in [3.63, 3.8) is 0 Å². The molecule has 2 aromatic heterocycles. The summed E-state index contributed by atoms with van der Waals surface area (Å²) in [6, 6.07) is 9.95. The van der Waals surface area contributed by atoms with E-state index in [2.05, 4.69) is 28.0 Å². The van der Waals surface area contributed by atoms with Crippen LogP contribution in [0.3, 0.4) is 0 Å². The summed E-state index contributed by atoms with van der Waals surface area (Å²) in [6.45, 7) is 5.64. The molecule has 22 heavy (non-hydrogen) atoms. The molecule has 0 saturated carbocycles. The lowest BCUT2D eigenvalue weighted by Crippen LogP contribution is -2.27. The van der Waals surface area contributed by atoms with Crippen LogP contribution in [0.2, 0.25) is 0 Å². The number of carbonyl (C=O) groups is 1. The maximum absolute atomic E-state index is 12.7. The number of nitrogens with zero attached hydrogens (tertiary/aromatic N) is 1. The van der Waals surface area contributed by atoms with Crippen LogP contribution in [-0.4, -0.2) is 16.3 Å². The van der Waals surface area contributed by atoms with Crippen LogP contribution >= 0.6 is 33.9 Å². The van der Waals surface area contributed by atoms with Crippen LogP contribution in [0.5, 0.6) is 0 Å². The molecule has 0 N–H and O–H groups in total. The standard InChI is InChI=1S/C17H16INO2S/c1-17(2,3)21-16(20)19-13-7-5-4-6-12(13)14(18)15(19)11-8-9-22-10-11/h4-10H,1-3H3. The van der Waals surface area contributed by atoms with Crippen molar-refractivity contribution in [1.82, 2.24) is 4.57 Å². The van der Waals surface area contributed by atoms with Crippen LogP contribution in [0.15, 0.2) is 41.1 Å². The van der Waals surface area contributed by atoms with Gasteiger partial charge in [-0.05, 0) is 60.9 Å². The van der Waals surface area contributed by atoms with Gasteiger partial charge in [0.05, 0.1) is 11.2 Å². The Kier molecular flexibility index (Phi) is 4.03. The molecule has 0 atom stereocenters. The summed E-state index contributed by atoms with van der Waals surface area (Å²) in [5.41, 5.74) is 2.29. The minimum absolute atomic E-state index is 0.340. The van der Waals surface area contributed by atoms with E-state index in [-0.39, 0.29) is 6.09 Å². The zero-order valence-electron chi connectivity index (χ0n) is 12.6. The Bertz CT molecular complexity index is 828. The predicted molar refractivity (Wildman–Crippen MR) is 99.6 cm³/mol. The van der Waals surface area contributed by atoms with Gasteiger partial charge in [0.1, 0.15) is 5.60 Å². The third-order valence-corrected chi connectivity index (χ3v) is 4.96. The summed E-state index contributed by atoms with van der Waals surface area (Å²) in [4.78, 5) is 12.7. The third kappa shape index (κ3) is 2.79. The van der Waals surface area contributed by atoms with Crippen LogP contribution in [-0.2, 0) is 4.74 Å². The number of rotatable bonds is 1. The first-order valence-electron chi connectivity index (χ1n) is 6.93. The molecule has 0 aliphatic heterocycles. The number of hydrogen-bond donors (Lipinski definition) is 0. The molecule has 5 heteroatoms. The molecule has 3 aromatic rings. The lowest BCUT2D eigenvalue weighted by atomic mass is 10.2. The first kappa shape index (κ1) is 15.6. The molecule has 0 unspecified atom stereocenters. The highest BCUT2D eigenvalue weighted by Crippen LogP contribution is 2.36. The largest absolute Gasteiger partial charge is 0.443 e. The Hall–Kier alpha value is -1.34. The molecule has 1 aromatic carbocycles. The number of carbonyl (C=O) groups excluding carboxylic acids is 1. The molecule has 0 aliphatic carbocycles. The molecular formula is C17H16INO2S. The van der Waals surface area contributed by atoms with Gasteiger partial charge in [0, 0.05) is 19.9 Å². The van der Waals surface area contributed by atoms with E-state index < -0.39 is 5.60 Å². The highest BCUT2D eigenvalue weighted by Gasteiger charge is 2.25. The monoisotopic (exact) mass is 425 g/mol. The van der Waals surface area contributed by atoms with Crippen molar-refractivity contribution in [3.05, 3.63) is 44.7 Å². The van der Waals surface area contributed by atoms with E-state index in [0.29, 0.717) is 0 Å². The molecule has 2 heterocycles. The van der Waals surface area contributed by atoms with Gasteiger partial charge in [-0.1, -0.05) is 18.2 Å². The van der Waals surface area contributed by atoms with Crippen molar-refractivity contribution < 1.29 is 9.53 Å². The molecule has 0 bridgehead atoms. The topological polar surface area (TPSA) is 31.2 Å². The van der Waals surface area contributed by atoms with E-state index in [9.17, 15) is 4.79 Å². The second-order valence-electron chi connectivity index (χ2n) is 6.01. The van der Waals surface area contributed by atoms with Crippen LogP contribution in [0.4, 0.5) is 4.79 Å². The smallest absolute Gasteiger partial charge is 0.419 e. The van der Waals surface area contributed by atoms with E-state index >= 15 is 0 Å². The van der Waals surface area contributed by atoms with Crippen molar-refractivity contribution in [1.29, 1.82) is 0 Å². The van der Waals surface area contributed by atoms with Gasteiger partial charge in [0.15, 0.2) is 0 Å².